The SMILES string of the molecule is O=C(O)CC(O)CCC(C(=O)O)N(C(=O)c1ccccc1)C(=O)c1ccccc1. The molecule has 152 valence electrons. The number of imide groups is 1. The molecular weight excluding hydrogens is 378 g/mol. The van der Waals surface area contributed by atoms with Crippen LogP contribution in [0, 0.1) is 0 Å². The average molecular weight is 399 g/mol. The van der Waals surface area contributed by atoms with Crippen LogP contribution in [0.5, 0.6) is 0 Å². The number of hydrogen-bond donors (Lipinski definition) is 3. The highest BCUT2D eigenvalue weighted by Crippen LogP contribution is 2.19. The summed E-state index contributed by atoms with van der Waals surface area (Å²) in [7, 11) is 0. The Hall–Kier alpha value is -3.52. The third-order valence-corrected chi connectivity index (χ3v) is 4.26. The van der Waals surface area contributed by atoms with Gasteiger partial charge in [0.15, 0.2) is 0 Å². The first-order chi connectivity index (χ1) is 13.8. The van der Waals surface area contributed by atoms with Gasteiger partial charge in [0.1, 0.15) is 6.04 Å². The zero-order chi connectivity index (χ0) is 21.4. The number of amides is 2. The van der Waals surface area contributed by atoms with Crippen LogP contribution in [0.2, 0.25) is 0 Å². The molecule has 0 aliphatic heterocycles. The number of carboxylic acids is 2. The smallest absolute Gasteiger partial charge is 0.326 e. The molecule has 2 rings (SSSR count). The Morgan fingerprint density at radius 1 is 0.759 bits per heavy atom. The van der Waals surface area contributed by atoms with Crippen molar-refractivity contribution in [3.05, 3.63) is 71.8 Å². The van der Waals surface area contributed by atoms with Gasteiger partial charge in [0, 0.05) is 11.1 Å². The van der Waals surface area contributed by atoms with Crippen molar-refractivity contribution >= 4 is 23.8 Å². The summed E-state index contributed by atoms with van der Waals surface area (Å²) in [4.78, 5) is 49.3. The molecule has 3 N–H and O–H groups in total. The van der Waals surface area contributed by atoms with Crippen molar-refractivity contribution in [2.75, 3.05) is 0 Å². The fourth-order valence-corrected chi connectivity index (χ4v) is 2.83. The number of carbonyl (C=O) groups excluding carboxylic acids is 2. The number of rotatable bonds is 9. The molecule has 0 radical (unpaired) electrons. The summed E-state index contributed by atoms with van der Waals surface area (Å²) >= 11 is 0. The number of carbonyl (C=O) groups is 4. The number of nitrogens with zero attached hydrogens (tertiary/aromatic N) is 1. The van der Waals surface area contributed by atoms with Crippen LogP contribution in [0.4, 0.5) is 0 Å². The minimum atomic E-state index is -1.57. The van der Waals surface area contributed by atoms with Crippen LogP contribution in [-0.4, -0.2) is 56.1 Å². The maximum Gasteiger partial charge on any atom is 0.326 e. The van der Waals surface area contributed by atoms with Gasteiger partial charge in [-0.05, 0) is 37.1 Å². The first-order valence-corrected chi connectivity index (χ1v) is 8.92. The van der Waals surface area contributed by atoms with Crippen molar-refractivity contribution in [2.24, 2.45) is 0 Å². The summed E-state index contributed by atoms with van der Waals surface area (Å²) < 4.78 is 0. The minimum absolute atomic E-state index is 0.133. The quantitative estimate of drug-likeness (QED) is 0.550. The third-order valence-electron chi connectivity index (χ3n) is 4.26. The summed E-state index contributed by atoms with van der Waals surface area (Å²) in [6, 6.07) is 14.0. The van der Waals surface area contributed by atoms with Gasteiger partial charge in [0.05, 0.1) is 12.5 Å². The van der Waals surface area contributed by atoms with Crippen molar-refractivity contribution in [3.63, 3.8) is 0 Å². The van der Waals surface area contributed by atoms with Gasteiger partial charge in [0.2, 0.25) is 0 Å². The molecule has 0 bridgehead atoms. The Bertz CT molecular complexity index is 816. The van der Waals surface area contributed by atoms with E-state index in [0.29, 0.717) is 4.90 Å². The van der Waals surface area contributed by atoms with Crippen LogP contribution in [-0.2, 0) is 9.59 Å². The zero-order valence-electron chi connectivity index (χ0n) is 15.5. The van der Waals surface area contributed by atoms with E-state index in [-0.39, 0.29) is 24.0 Å². The molecule has 0 fully saturated rings. The van der Waals surface area contributed by atoms with Gasteiger partial charge < -0.3 is 15.3 Å². The normalized spacial score (nSPS) is 12.6. The lowest BCUT2D eigenvalue weighted by Crippen LogP contribution is -2.49. The van der Waals surface area contributed by atoms with Crippen molar-refractivity contribution in [1.29, 1.82) is 0 Å². The summed E-state index contributed by atoms with van der Waals surface area (Å²) in [5, 5.41) is 28.2. The predicted octanol–water partition coefficient (Wildman–Crippen LogP) is 2.04. The molecule has 29 heavy (non-hydrogen) atoms. The van der Waals surface area contributed by atoms with E-state index < -0.39 is 42.3 Å². The van der Waals surface area contributed by atoms with E-state index in [9.17, 15) is 29.4 Å². The van der Waals surface area contributed by atoms with Crippen LogP contribution in [0.3, 0.4) is 0 Å². The van der Waals surface area contributed by atoms with E-state index in [1.165, 1.54) is 24.3 Å². The number of aliphatic hydroxyl groups excluding tert-OH is 1. The largest absolute Gasteiger partial charge is 0.481 e. The molecule has 0 aliphatic carbocycles. The van der Waals surface area contributed by atoms with Crippen molar-refractivity contribution in [3.8, 4) is 0 Å². The second-order valence-corrected chi connectivity index (χ2v) is 6.40. The molecule has 0 saturated carbocycles. The summed E-state index contributed by atoms with van der Waals surface area (Å²) in [5.41, 5.74) is 0.267. The second-order valence-electron chi connectivity index (χ2n) is 6.40. The van der Waals surface area contributed by atoms with Gasteiger partial charge in [-0.1, -0.05) is 36.4 Å². The number of hydrogen-bond acceptors (Lipinski definition) is 5. The molecule has 0 aromatic heterocycles. The Labute approximate surface area is 167 Å². The highest BCUT2D eigenvalue weighted by atomic mass is 16.4. The van der Waals surface area contributed by atoms with Gasteiger partial charge in [-0.2, -0.15) is 0 Å². The number of carboxylic acid groups (broad SMARTS) is 2. The van der Waals surface area contributed by atoms with Crippen LogP contribution in [0.15, 0.2) is 60.7 Å². The topological polar surface area (TPSA) is 132 Å². The second kappa shape index (κ2) is 10.1. The lowest BCUT2D eigenvalue weighted by Gasteiger charge is -2.28. The molecule has 8 nitrogen and oxygen atoms in total. The van der Waals surface area contributed by atoms with Gasteiger partial charge in [-0.25, -0.2) is 4.79 Å². The fraction of sp³-hybridized carbons (Fsp3) is 0.238. The molecular formula is C21H21NO7. The van der Waals surface area contributed by atoms with Crippen LogP contribution >= 0.6 is 0 Å². The highest BCUT2D eigenvalue weighted by molar-refractivity contribution is 6.12. The van der Waals surface area contributed by atoms with Crippen LogP contribution in [0.1, 0.15) is 40.0 Å². The van der Waals surface area contributed by atoms with E-state index in [1.54, 1.807) is 36.4 Å². The molecule has 2 amide bonds. The summed E-state index contributed by atoms with van der Waals surface area (Å²) in [5.74, 6) is -4.25. The van der Waals surface area contributed by atoms with Gasteiger partial charge >= 0.3 is 11.9 Å². The molecule has 2 aromatic carbocycles. The Kier molecular flexibility index (Phi) is 7.62. The maximum absolute atomic E-state index is 13.0. The minimum Gasteiger partial charge on any atom is -0.481 e. The molecule has 2 unspecified atom stereocenters. The molecule has 2 atom stereocenters. The summed E-state index contributed by atoms with van der Waals surface area (Å²) in [6.45, 7) is 0. The molecule has 0 saturated heterocycles. The lowest BCUT2D eigenvalue weighted by atomic mass is 10.0. The number of aliphatic carboxylic acids is 2. The molecule has 2 aromatic rings. The molecule has 8 heteroatoms. The van der Waals surface area contributed by atoms with E-state index in [0.717, 1.165) is 0 Å². The van der Waals surface area contributed by atoms with Crippen molar-refractivity contribution < 1.29 is 34.5 Å². The van der Waals surface area contributed by atoms with E-state index in [2.05, 4.69) is 0 Å². The standard InChI is InChI=1S/C21H21NO7/c23-16(13-18(24)25)11-12-17(21(28)29)22(19(26)14-7-3-1-4-8-14)20(27)15-9-5-2-6-10-15/h1-10,16-17,23H,11-13H2,(H,24,25)(H,28,29). The fourth-order valence-electron chi connectivity index (χ4n) is 2.83. The predicted molar refractivity (Wildman–Crippen MR) is 102 cm³/mol. The van der Waals surface area contributed by atoms with Crippen molar-refractivity contribution in [2.45, 2.75) is 31.4 Å². The molecule has 0 aliphatic rings. The van der Waals surface area contributed by atoms with E-state index >= 15 is 0 Å². The van der Waals surface area contributed by atoms with E-state index in [4.69, 9.17) is 5.11 Å². The number of aliphatic hydroxyl groups is 1. The highest BCUT2D eigenvalue weighted by Gasteiger charge is 2.36. The first-order valence-electron chi connectivity index (χ1n) is 8.92. The van der Waals surface area contributed by atoms with Crippen LogP contribution in [0.25, 0.3) is 0 Å². The Morgan fingerprint density at radius 3 is 1.59 bits per heavy atom. The zero-order valence-corrected chi connectivity index (χ0v) is 15.5. The maximum atomic E-state index is 13.0. The third kappa shape index (κ3) is 5.98. The Balaban J connectivity index is 2.37. The molecule has 0 spiro atoms. The van der Waals surface area contributed by atoms with Gasteiger partial charge in [-0.15, -0.1) is 0 Å². The lowest BCUT2D eigenvalue weighted by molar-refractivity contribution is -0.142. The monoisotopic (exact) mass is 399 g/mol. The average Bonchev–Trinajstić information content (AvgIpc) is 2.70. The number of benzene rings is 2. The summed E-state index contributed by atoms with van der Waals surface area (Å²) in [6.07, 6.45) is -2.36. The van der Waals surface area contributed by atoms with Crippen LogP contribution < -0.4 is 0 Å². The first kappa shape index (κ1) is 21.8. The van der Waals surface area contributed by atoms with Gasteiger partial charge in [-0.3, -0.25) is 19.3 Å². The van der Waals surface area contributed by atoms with Gasteiger partial charge in [0.25, 0.3) is 11.8 Å². The van der Waals surface area contributed by atoms with Crippen molar-refractivity contribution in [1.82, 2.24) is 4.90 Å². The molecule has 0 heterocycles. The Morgan fingerprint density at radius 2 is 1.21 bits per heavy atom. The van der Waals surface area contributed by atoms with E-state index in [1.807, 2.05) is 0 Å².